The van der Waals surface area contributed by atoms with Crippen LogP contribution in [0.3, 0.4) is 0 Å². The molecule has 0 amide bonds. The van der Waals surface area contributed by atoms with Gasteiger partial charge in [-0.25, -0.2) is 0 Å². The minimum absolute atomic E-state index is 0.115. The molecule has 2 saturated carbocycles. The van der Waals surface area contributed by atoms with E-state index in [0.29, 0.717) is 35.9 Å². The Bertz CT molecular complexity index is 566. The first kappa shape index (κ1) is 17.7. The molecule has 4 aliphatic rings. The summed E-state index contributed by atoms with van der Waals surface area (Å²) in [7, 11) is 0. The van der Waals surface area contributed by atoms with Gasteiger partial charge in [0.1, 0.15) is 5.78 Å². The third-order valence-electron chi connectivity index (χ3n) is 8.39. The van der Waals surface area contributed by atoms with Crippen LogP contribution in [0.15, 0.2) is 11.1 Å². The molecular formula is C22H34O3. The predicted octanol–water partition coefficient (Wildman–Crippen LogP) is 4.02. The first-order valence-corrected chi connectivity index (χ1v) is 10.6. The lowest BCUT2D eigenvalue weighted by molar-refractivity contribution is -0.119. The summed E-state index contributed by atoms with van der Waals surface area (Å²) in [4.78, 5) is 12.0. The first-order chi connectivity index (χ1) is 12.1. The number of aliphatic hydroxyl groups excluding tert-OH is 2. The van der Waals surface area contributed by atoms with Crippen molar-refractivity contribution in [2.24, 2.45) is 29.1 Å². The van der Waals surface area contributed by atoms with Crippen LogP contribution in [0.4, 0.5) is 0 Å². The molecule has 0 aromatic rings. The summed E-state index contributed by atoms with van der Waals surface area (Å²) >= 11 is 0. The van der Waals surface area contributed by atoms with Crippen LogP contribution in [0.1, 0.15) is 77.6 Å². The van der Waals surface area contributed by atoms with E-state index >= 15 is 0 Å². The molecule has 4 rings (SSSR count). The number of rotatable bonds is 4. The van der Waals surface area contributed by atoms with E-state index < -0.39 is 0 Å². The molecule has 4 aliphatic carbocycles. The number of Topliss-reactive ketones (excluding diaryl/α,β-unsaturated/α-hetero) is 1. The molecule has 3 unspecified atom stereocenters. The second-order valence-corrected chi connectivity index (χ2v) is 9.19. The SMILES string of the molecule is CCC12CC(CCCO)[C@@H]3C4=C(CC[C@@H]3[C@@H]1CCC2O)CC(=O)CC4. The number of ketones is 1. The van der Waals surface area contributed by atoms with Crippen molar-refractivity contribution in [1.29, 1.82) is 0 Å². The van der Waals surface area contributed by atoms with Gasteiger partial charge in [0.05, 0.1) is 6.10 Å². The fourth-order valence-corrected chi connectivity index (χ4v) is 7.39. The highest BCUT2D eigenvalue weighted by atomic mass is 16.3. The number of carbonyl (C=O) groups is 1. The van der Waals surface area contributed by atoms with Crippen molar-refractivity contribution in [3.8, 4) is 0 Å². The van der Waals surface area contributed by atoms with Gasteiger partial charge < -0.3 is 10.2 Å². The van der Waals surface area contributed by atoms with E-state index in [1.165, 1.54) is 18.4 Å². The number of allylic oxidation sites excluding steroid dienone is 2. The highest BCUT2D eigenvalue weighted by molar-refractivity contribution is 5.82. The van der Waals surface area contributed by atoms with E-state index in [4.69, 9.17) is 0 Å². The number of aliphatic hydroxyl groups is 2. The van der Waals surface area contributed by atoms with E-state index in [0.717, 1.165) is 51.4 Å². The Hall–Kier alpha value is -0.670. The van der Waals surface area contributed by atoms with E-state index in [-0.39, 0.29) is 18.1 Å². The Balaban J connectivity index is 1.71. The van der Waals surface area contributed by atoms with Crippen LogP contribution in [-0.4, -0.2) is 28.7 Å². The molecule has 3 nitrogen and oxygen atoms in total. The van der Waals surface area contributed by atoms with Crippen LogP contribution in [-0.2, 0) is 4.79 Å². The van der Waals surface area contributed by atoms with Crippen molar-refractivity contribution in [3.05, 3.63) is 11.1 Å². The van der Waals surface area contributed by atoms with Gasteiger partial charge in [0.25, 0.3) is 0 Å². The maximum Gasteiger partial charge on any atom is 0.137 e. The number of carbonyl (C=O) groups excluding carboxylic acids is 1. The molecule has 2 fully saturated rings. The highest BCUT2D eigenvalue weighted by Gasteiger charge is 2.59. The van der Waals surface area contributed by atoms with Crippen LogP contribution >= 0.6 is 0 Å². The summed E-state index contributed by atoms with van der Waals surface area (Å²) in [5.41, 5.74) is 3.21. The number of hydrogen-bond acceptors (Lipinski definition) is 3. The third-order valence-corrected chi connectivity index (χ3v) is 8.39. The van der Waals surface area contributed by atoms with Crippen molar-refractivity contribution in [3.63, 3.8) is 0 Å². The van der Waals surface area contributed by atoms with E-state index in [2.05, 4.69) is 6.92 Å². The van der Waals surface area contributed by atoms with Gasteiger partial charge >= 0.3 is 0 Å². The quantitative estimate of drug-likeness (QED) is 0.756. The molecule has 0 aromatic heterocycles. The van der Waals surface area contributed by atoms with Crippen LogP contribution in [0.5, 0.6) is 0 Å². The average molecular weight is 347 g/mol. The topological polar surface area (TPSA) is 57.5 Å². The fourth-order valence-electron chi connectivity index (χ4n) is 7.39. The molecule has 3 heteroatoms. The summed E-state index contributed by atoms with van der Waals surface area (Å²) < 4.78 is 0. The van der Waals surface area contributed by atoms with Crippen molar-refractivity contribution < 1.29 is 15.0 Å². The van der Waals surface area contributed by atoms with Gasteiger partial charge in [0, 0.05) is 19.4 Å². The lowest BCUT2D eigenvalue weighted by atomic mass is 9.49. The minimum Gasteiger partial charge on any atom is -0.396 e. The third kappa shape index (κ3) is 2.73. The molecule has 0 radical (unpaired) electrons. The lowest BCUT2D eigenvalue weighted by Crippen LogP contribution is -2.50. The van der Waals surface area contributed by atoms with Gasteiger partial charge in [-0.2, -0.15) is 0 Å². The van der Waals surface area contributed by atoms with Gasteiger partial charge in [-0.05, 0) is 86.9 Å². The molecule has 0 aliphatic heterocycles. The summed E-state index contributed by atoms with van der Waals surface area (Å²) in [5, 5.41) is 20.3. The van der Waals surface area contributed by atoms with Crippen LogP contribution in [0.2, 0.25) is 0 Å². The fraction of sp³-hybridized carbons (Fsp3) is 0.864. The molecule has 0 bridgehead atoms. The van der Waals surface area contributed by atoms with Gasteiger partial charge in [-0.3, -0.25) is 4.79 Å². The van der Waals surface area contributed by atoms with Gasteiger partial charge in [0.2, 0.25) is 0 Å². The Morgan fingerprint density at radius 3 is 2.76 bits per heavy atom. The number of hydrogen-bond donors (Lipinski definition) is 2. The molecular weight excluding hydrogens is 312 g/mol. The van der Waals surface area contributed by atoms with Crippen molar-refractivity contribution in [2.45, 2.75) is 83.7 Å². The Labute approximate surface area is 151 Å². The zero-order valence-corrected chi connectivity index (χ0v) is 15.7. The second-order valence-electron chi connectivity index (χ2n) is 9.19. The Morgan fingerprint density at radius 2 is 2.00 bits per heavy atom. The monoisotopic (exact) mass is 346 g/mol. The van der Waals surface area contributed by atoms with Gasteiger partial charge in [-0.15, -0.1) is 0 Å². The van der Waals surface area contributed by atoms with Crippen LogP contribution < -0.4 is 0 Å². The molecule has 25 heavy (non-hydrogen) atoms. The van der Waals surface area contributed by atoms with Crippen LogP contribution in [0, 0.1) is 29.1 Å². The zero-order valence-electron chi connectivity index (χ0n) is 15.7. The highest BCUT2D eigenvalue weighted by Crippen LogP contribution is 2.64. The molecule has 2 N–H and O–H groups in total. The molecule has 0 aromatic carbocycles. The Morgan fingerprint density at radius 1 is 1.16 bits per heavy atom. The summed E-state index contributed by atoms with van der Waals surface area (Å²) in [6.45, 7) is 2.54. The standard InChI is InChI=1S/C22H34O3/c1-2-22-13-15(4-3-11-23)21-17-8-6-16(24)12-14(17)5-7-18(21)19(22)9-10-20(22)25/h15,18-21,23,25H,2-13H2,1H3/t15?,18-,19+,20?,21-,22?/m1/s1. The normalized spacial score (nSPS) is 43.6. The van der Waals surface area contributed by atoms with Gasteiger partial charge in [-0.1, -0.05) is 18.1 Å². The van der Waals surface area contributed by atoms with E-state index in [9.17, 15) is 15.0 Å². The average Bonchev–Trinajstić information content (AvgIpc) is 2.96. The van der Waals surface area contributed by atoms with Crippen molar-refractivity contribution in [1.82, 2.24) is 0 Å². The molecule has 0 heterocycles. The van der Waals surface area contributed by atoms with Crippen molar-refractivity contribution in [2.75, 3.05) is 6.61 Å². The molecule has 140 valence electrons. The van der Waals surface area contributed by atoms with E-state index in [1.54, 1.807) is 5.57 Å². The molecule has 0 saturated heterocycles. The molecule has 6 atom stereocenters. The largest absolute Gasteiger partial charge is 0.396 e. The Kier molecular flexibility index (Phi) is 4.83. The maximum atomic E-state index is 12.0. The van der Waals surface area contributed by atoms with E-state index in [1.807, 2.05) is 0 Å². The van der Waals surface area contributed by atoms with Crippen LogP contribution in [0.25, 0.3) is 0 Å². The predicted molar refractivity (Wildman–Crippen MR) is 98.0 cm³/mol. The first-order valence-electron chi connectivity index (χ1n) is 10.6. The smallest absolute Gasteiger partial charge is 0.137 e. The van der Waals surface area contributed by atoms with Gasteiger partial charge in [0.15, 0.2) is 0 Å². The summed E-state index contributed by atoms with van der Waals surface area (Å²) in [5.74, 6) is 2.99. The summed E-state index contributed by atoms with van der Waals surface area (Å²) in [6, 6.07) is 0. The second kappa shape index (κ2) is 6.81. The lowest BCUT2D eigenvalue weighted by Gasteiger charge is -2.56. The van der Waals surface area contributed by atoms with Crippen molar-refractivity contribution >= 4 is 5.78 Å². The minimum atomic E-state index is -0.136. The number of fused-ring (bicyclic) bond motifs is 4. The zero-order chi connectivity index (χ0) is 17.6. The maximum absolute atomic E-state index is 12.0. The molecule has 0 spiro atoms. The summed E-state index contributed by atoms with van der Waals surface area (Å²) in [6.07, 6.45) is 10.9.